The normalized spacial score (nSPS) is 12.9. The van der Waals surface area contributed by atoms with Crippen molar-refractivity contribution >= 4 is 73.9 Å². The summed E-state index contributed by atoms with van der Waals surface area (Å²) in [4.78, 5) is 28.3. The fourth-order valence-corrected chi connectivity index (χ4v) is 6.16. The number of carbonyl (C=O) groups is 2. The number of nitrogens with zero attached hydrogens (tertiary/aromatic N) is 2. The van der Waals surface area contributed by atoms with Gasteiger partial charge in [-0.15, -0.1) is 0 Å². The molecule has 0 aliphatic carbocycles. The Morgan fingerprint density at radius 3 is 2.20 bits per heavy atom. The largest absolute Gasteiger partial charge is 0.352 e. The molecular formula is C28H29Cl4N3O4S. The second-order valence-electron chi connectivity index (χ2n) is 9.15. The van der Waals surface area contributed by atoms with E-state index in [1.165, 1.54) is 41.3 Å². The number of halogens is 4. The van der Waals surface area contributed by atoms with Crippen molar-refractivity contribution in [3.8, 4) is 0 Å². The van der Waals surface area contributed by atoms with Crippen LogP contribution in [0.1, 0.15) is 32.8 Å². The van der Waals surface area contributed by atoms with Gasteiger partial charge in [0.05, 0.1) is 20.6 Å². The number of nitrogens with one attached hydrogen (secondary N) is 1. The molecule has 0 aromatic heterocycles. The summed E-state index contributed by atoms with van der Waals surface area (Å²) in [5, 5.41) is 3.66. The number of hydrogen-bond acceptors (Lipinski definition) is 4. The molecule has 0 fully saturated rings. The van der Waals surface area contributed by atoms with Crippen molar-refractivity contribution in [3.63, 3.8) is 0 Å². The number of anilines is 1. The molecule has 40 heavy (non-hydrogen) atoms. The third-order valence-electron chi connectivity index (χ3n) is 6.33. The topological polar surface area (TPSA) is 86.8 Å². The fraction of sp³-hybridized carbons (Fsp3) is 0.286. The Morgan fingerprint density at radius 2 is 1.57 bits per heavy atom. The maximum atomic E-state index is 14.0. The number of amides is 2. The lowest BCUT2D eigenvalue weighted by Crippen LogP contribution is -2.52. The van der Waals surface area contributed by atoms with Crippen molar-refractivity contribution in [3.05, 3.63) is 92.4 Å². The summed E-state index contributed by atoms with van der Waals surface area (Å²) < 4.78 is 28.6. The first-order valence-electron chi connectivity index (χ1n) is 12.4. The van der Waals surface area contributed by atoms with Crippen molar-refractivity contribution < 1.29 is 18.0 Å². The van der Waals surface area contributed by atoms with Crippen LogP contribution in [0.4, 0.5) is 5.69 Å². The molecule has 7 nitrogen and oxygen atoms in total. The summed E-state index contributed by atoms with van der Waals surface area (Å²) in [5.74, 6) is -1.06. The van der Waals surface area contributed by atoms with Gasteiger partial charge in [-0.05, 0) is 62.2 Å². The standard InChI is InChI=1S/C28H29Cl4N3O4S/c1-4-18(2)33-28(37)19(3)34(16-20-13-14-21(29)15-24(20)31)26(36)17-35(25-12-8-11-23(30)27(25)32)40(38,39)22-9-6-5-7-10-22/h5-15,18-19H,4,16-17H2,1-3H3,(H,33,37)/t18-,19-/m1/s1. The molecule has 0 heterocycles. The van der Waals surface area contributed by atoms with Crippen LogP contribution in [0, 0.1) is 0 Å². The number of hydrogen-bond donors (Lipinski definition) is 1. The van der Waals surface area contributed by atoms with Crippen LogP contribution in [-0.2, 0) is 26.2 Å². The van der Waals surface area contributed by atoms with Crippen LogP contribution >= 0.6 is 46.4 Å². The molecule has 0 spiro atoms. The lowest BCUT2D eigenvalue weighted by atomic mass is 10.1. The average molecular weight is 645 g/mol. The average Bonchev–Trinajstić information content (AvgIpc) is 2.92. The number of benzene rings is 3. The first-order valence-corrected chi connectivity index (χ1v) is 15.4. The first kappa shape index (κ1) is 32.0. The van der Waals surface area contributed by atoms with Gasteiger partial charge in [0.2, 0.25) is 11.8 Å². The molecule has 0 radical (unpaired) electrons. The maximum absolute atomic E-state index is 14.0. The highest BCUT2D eigenvalue weighted by atomic mass is 35.5. The zero-order chi connectivity index (χ0) is 29.6. The van der Waals surface area contributed by atoms with E-state index in [2.05, 4.69) is 5.32 Å². The van der Waals surface area contributed by atoms with Crippen molar-refractivity contribution in [1.29, 1.82) is 0 Å². The van der Waals surface area contributed by atoms with Gasteiger partial charge in [0.1, 0.15) is 12.6 Å². The minimum Gasteiger partial charge on any atom is -0.352 e. The monoisotopic (exact) mass is 643 g/mol. The van der Waals surface area contributed by atoms with E-state index in [0.29, 0.717) is 22.0 Å². The Kier molecular flexibility index (Phi) is 11.1. The molecule has 214 valence electrons. The van der Waals surface area contributed by atoms with Gasteiger partial charge in [-0.2, -0.15) is 0 Å². The molecule has 3 aromatic carbocycles. The lowest BCUT2D eigenvalue weighted by molar-refractivity contribution is -0.139. The van der Waals surface area contributed by atoms with Crippen LogP contribution in [0.25, 0.3) is 0 Å². The summed E-state index contributed by atoms with van der Waals surface area (Å²) in [6.45, 7) is 4.60. The number of rotatable bonds is 11. The fourth-order valence-electron chi connectivity index (χ4n) is 3.80. The van der Waals surface area contributed by atoms with Gasteiger partial charge in [0, 0.05) is 22.6 Å². The van der Waals surface area contributed by atoms with Crippen LogP contribution in [0.3, 0.4) is 0 Å². The Morgan fingerprint density at radius 1 is 0.900 bits per heavy atom. The summed E-state index contributed by atoms with van der Waals surface area (Å²) in [6.07, 6.45) is 0.686. The second-order valence-corrected chi connectivity index (χ2v) is 12.6. The van der Waals surface area contributed by atoms with E-state index in [0.717, 1.165) is 4.31 Å². The predicted molar refractivity (Wildman–Crippen MR) is 162 cm³/mol. The van der Waals surface area contributed by atoms with E-state index in [1.54, 1.807) is 37.3 Å². The summed E-state index contributed by atoms with van der Waals surface area (Å²) in [5.41, 5.74) is 0.549. The number of carbonyl (C=O) groups excluding carboxylic acids is 2. The van der Waals surface area contributed by atoms with E-state index < -0.39 is 34.4 Å². The van der Waals surface area contributed by atoms with Crippen LogP contribution in [0.15, 0.2) is 71.6 Å². The summed E-state index contributed by atoms with van der Waals surface area (Å²) in [7, 11) is -4.28. The minimum atomic E-state index is -4.28. The molecule has 2 amide bonds. The molecule has 12 heteroatoms. The minimum absolute atomic E-state index is 0.0209. The van der Waals surface area contributed by atoms with Crippen LogP contribution in [0.5, 0.6) is 0 Å². The molecule has 0 aliphatic heterocycles. The Balaban J connectivity index is 2.08. The third kappa shape index (κ3) is 7.62. The quantitative estimate of drug-likeness (QED) is 0.248. The molecule has 0 saturated carbocycles. The molecule has 0 bridgehead atoms. The summed E-state index contributed by atoms with van der Waals surface area (Å²) in [6, 6.07) is 15.9. The maximum Gasteiger partial charge on any atom is 0.264 e. The Hall–Kier alpha value is -2.49. The van der Waals surface area contributed by atoms with E-state index in [9.17, 15) is 18.0 Å². The van der Waals surface area contributed by atoms with E-state index in [-0.39, 0.29) is 33.2 Å². The van der Waals surface area contributed by atoms with Gasteiger partial charge in [-0.3, -0.25) is 13.9 Å². The Labute approximate surface area is 255 Å². The highest BCUT2D eigenvalue weighted by Crippen LogP contribution is 2.35. The molecule has 1 N–H and O–H groups in total. The van der Waals surface area contributed by atoms with Gasteiger partial charge in [-0.1, -0.05) is 83.7 Å². The van der Waals surface area contributed by atoms with Gasteiger partial charge in [-0.25, -0.2) is 8.42 Å². The zero-order valence-corrected chi connectivity index (χ0v) is 25.9. The molecule has 0 saturated heterocycles. The van der Waals surface area contributed by atoms with E-state index in [1.807, 2.05) is 13.8 Å². The zero-order valence-electron chi connectivity index (χ0n) is 22.1. The van der Waals surface area contributed by atoms with Crippen molar-refractivity contribution in [2.45, 2.75) is 50.7 Å². The van der Waals surface area contributed by atoms with Crippen molar-refractivity contribution in [2.24, 2.45) is 0 Å². The van der Waals surface area contributed by atoms with Crippen molar-refractivity contribution in [1.82, 2.24) is 10.2 Å². The lowest BCUT2D eigenvalue weighted by Gasteiger charge is -2.33. The van der Waals surface area contributed by atoms with Crippen LogP contribution in [-0.4, -0.2) is 43.8 Å². The van der Waals surface area contributed by atoms with Gasteiger partial charge in [0.25, 0.3) is 10.0 Å². The van der Waals surface area contributed by atoms with E-state index >= 15 is 0 Å². The second kappa shape index (κ2) is 13.9. The highest BCUT2D eigenvalue weighted by molar-refractivity contribution is 7.92. The van der Waals surface area contributed by atoms with Gasteiger partial charge < -0.3 is 10.2 Å². The van der Waals surface area contributed by atoms with Gasteiger partial charge in [0.15, 0.2) is 0 Å². The smallest absolute Gasteiger partial charge is 0.264 e. The Bertz CT molecular complexity index is 1470. The van der Waals surface area contributed by atoms with Crippen LogP contribution in [0.2, 0.25) is 20.1 Å². The van der Waals surface area contributed by atoms with Crippen LogP contribution < -0.4 is 9.62 Å². The molecule has 3 rings (SSSR count). The highest BCUT2D eigenvalue weighted by Gasteiger charge is 2.34. The van der Waals surface area contributed by atoms with Gasteiger partial charge >= 0.3 is 0 Å². The SMILES string of the molecule is CC[C@@H](C)NC(=O)[C@@H](C)N(Cc1ccc(Cl)cc1Cl)C(=O)CN(c1cccc(Cl)c1Cl)S(=O)(=O)c1ccccc1. The number of sulfonamides is 1. The summed E-state index contributed by atoms with van der Waals surface area (Å²) >= 11 is 25.1. The van der Waals surface area contributed by atoms with E-state index in [4.69, 9.17) is 46.4 Å². The molecule has 0 aliphatic rings. The molecule has 2 atom stereocenters. The van der Waals surface area contributed by atoms with Crippen molar-refractivity contribution in [2.75, 3.05) is 10.8 Å². The molecule has 3 aromatic rings. The molecular weight excluding hydrogens is 616 g/mol. The molecule has 0 unspecified atom stereocenters. The first-order chi connectivity index (χ1) is 18.9. The predicted octanol–water partition coefficient (Wildman–Crippen LogP) is 6.83. The third-order valence-corrected chi connectivity index (χ3v) is 9.50.